The molecule has 8 nitrogen and oxygen atoms in total. The number of aromatic nitrogens is 5. The van der Waals surface area contributed by atoms with E-state index < -0.39 is 0 Å². The second-order valence-corrected chi connectivity index (χ2v) is 6.62. The van der Waals surface area contributed by atoms with Gasteiger partial charge in [-0.05, 0) is 36.8 Å². The molecule has 0 saturated carbocycles. The molecule has 2 aromatic heterocycles. The zero-order chi connectivity index (χ0) is 17.5. The highest BCUT2D eigenvalue weighted by Crippen LogP contribution is 2.30. The number of rotatable bonds is 2. The van der Waals surface area contributed by atoms with Crippen molar-refractivity contribution in [2.75, 3.05) is 13.1 Å². The topological polar surface area (TPSA) is 78.1 Å². The Morgan fingerprint density at radius 1 is 1.23 bits per heavy atom. The zero-order valence-corrected chi connectivity index (χ0v) is 14.1. The number of likely N-dealkylation sites (tertiary alicyclic amines) is 1. The van der Waals surface area contributed by atoms with Gasteiger partial charge < -0.3 is 9.64 Å². The third-order valence-corrected chi connectivity index (χ3v) is 5.10. The number of hydrogen-bond acceptors (Lipinski definition) is 5. The summed E-state index contributed by atoms with van der Waals surface area (Å²) in [6.45, 7) is 1.81. The summed E-state index contributed by atoms with van der Waals surface area (Å²) < 4.78 is 9.59. The molecule has 132 valence electrons. The summed E-state index contributed by atoms with van der Waals surface area (Å²) >= 11 is 0. The van der Waals surface area contributed by atoms with Crippen LogP contribution in [0.4, 0.5) is 0 Å². The monoisotopic (exact) mass is 350 g/mol. The van der Waals surface area contributed by atoms with E-state index in [1.165, 1.54) is 0 Å². The fourth-order valence-corrected chi connectivity index (χ4v) is 3.72. The van der Waals surface area contributed by atoms with Gasteiger partial charge in [0.25, 0.3) is 5.91 Å². The minimum atomic E-state index is 0.0299. The summed E-state index contributed by atoms with van der Waals surface area (Å²) in [4.78, 5) is 14.8. The van der Waals surface area contributed by atoms with Gasteiger partial charge in [-0.1, -0.05) is 5.21 Å². The molecule has 1 aromatic carbocycles. The van der Waals surface area contributed by atoms with E-state index in [0.29, 0.717) is 25.3 Å². The molecule has 4 heterocycles. The first-order valence-corrected chi connectivity index (χ1v) is 8.69. The van der Waals surface area contributed by atoms with Gasteiger partial charge in [-0.3, -0.25) is 4.79 Å². The van der Waals surface area contributed by atoms with Gasteiger partial charge in [0.2, 0.25) is 0 Å². The van der Waals surface area contributed by atoms with E-state index in [1.807, 2.05) is 46.1 Å². The van der Waals surface area contributed by atoms with Crippen LogP contribution in [0.2, 0.25) is 0 Å². The molecular weight excluding hydrogens is 332 g/mol. The van der Waals surface area contributed by atoms with E-state index in [4.69, 9.17) is 4.74 Å². The van der Waals surface area contributed by atoms with Crippen LogP contribution in [0, 0.1) is 0 Å². The lowest BCUT2D eigenvalue weighted by Crippen LogP contribution is -2.49. The van der Waals surface area contributed by atoms with Gasteiger partial charge >= 0.3 is 0 Å². The molecule has 8 heteroatoms. The predicted octanol–water partition coefficient (Wildman–Crippen LogP) is 1.45. The molecule has 0 radical (unpaired) electrons. The van der Waals surface area contributed by atoms with Crippen LogP contribution in [-0.2, 0) is 11.3 Å². The second kappa shape index (κ2) is 6.06. The Morgan fingerprint density at radius 2 is 2.12 bits per heavy atom. The van der Waals surface area contributed by atoms with Crippen LogP contribution in [0.3, 0.4) is 0 Å². The molecule has 2 aliphatic heterocycles. The van der Waals surface area contributed by atoms with Gasteiger partial charge in [-0.25, -0.2) is 9.36 Å². The Hall–Kier alpha value is -3.00. The average Bonchev–Trinajstić information content (AvgIpc) is 3.39. The Balaban J connectivity index is 1.35. The molecule has 0 aliphatic carbocycles. The normalized spacial score (nSPS) is 21.9. The van der Waals surface area contributed by atoms with E-state index in [0.717, 1.165) is 17.8 Å². The summed E-state index contributed by atoms with van der Waals surface area (Å²) in [5, 5.41) is 12.4. The Kier molecular flexibility index (Phi) is 3.56. The van der Waals surface area contributed by atoms with E-state index in [-0.39, 0.29) is 18.1 Å². The van der Waals surface area contributed by atoms with Crippen molar-refractivity contribution in [1.29, 1.82) is 0 Å². The summed E-state index contributed by atoms with van der Waals surface area (Å²) in [6, 6.07) is 9.42. The standard InChI is InChI=1S/C18H18N6O2/c25-18(13-2-4-14(5-3-13)23-8-1-7-20-23)22-9-6-17-16(11-22)24-15(12-26-17)10-19-21-24/h1-5,7-8,10,16-17H,6,9,11-12H2/t16-,17+/m0/s1. The maximum atomic E-state index is 12.9. The number of nitrogens with zero attached hydrogens (tertiary/aromatic N) is 6. The number of carbonyl (C=O) groups is 1. The minimum Gasteiger partial charge on any atom is -0.370 e. The van der Waals surface area contributed by atoms with Gasteiger partial charge in [-0.2, -0.15) is 5.10 Å². The fraction of sp³-hybridized carbons (Fsp3) is 0.333. The number of fused-ring (bicyclic) bond motifs is 3. The Labute approximate surface area is 150 Å². The van der Waals surface area contributed by atoms with E-state index >= 15 is 0 Å². The van der Waals surface area contributed by atoms with Crippen molar-refractivity contribution in [1.82, 2.24) is 29.7 Å². The fourth-order valence-electron chi connectivity index (χ4n) is 3.72. The molecule has 0 N–H and O–H groups in total. The molecule has 1 saturated heterocycles. The van der Waals surface area contributed by atoms with Crippen LogP contribution >= 0.6 is 0 Å². The lowest BCUT2D eigenvalue weighted by molar-refractivity contribution is -0.0605. The lowest BCUT2D eigenvalue weighted by atomic mass is 9.99. The summed E-state index contributed by atoms with van der Waals surface area (Å²) in [5.41, 5.74) is 2.57. The summed E-state index contributed by atoms with van der Waals surface area (Å²) in [6.07, 6.45) is 6.23. The van der Waals surface area contributed by atoms with Gasteiger partial charge in [0.1, 0.15) is 0 Å². The number of amides is 1. The van der Waals surface area contributed by atoms with E-state index in [1.54, 1.807) is 17.1 Å². The third-order valence-electron chi connectivity index (χ3n) is 5.10. The van der Waals surface area contributed by atoms with Crippen LogP contribution in [0.15, 0.2) is 48.9 Å². The molecule has 2 aliphatic rings. The SMILES string of the molecule is O=C(c1ccc(-n2cccn2)cc1)N1CC[C@H]2OCc3cnnn3[C@H]2C1. The molecule has 1 amide bonds. The van der Waals surface area contributed by atoms with Gasteiger partial charge in [0.15, 0.2) is 0 Å². The number of benzene rings is 1. The largest absolute Gasteiger partial charge is 0.370 e. The Bertz CT molecular complexity index is 918. The highest BCUT2D eigenvalue weighted by molar-refractivity contribution is 5.94. The van der Waals surface area contributed by atoms with Crippen molar-refractivity contribution in [3.05, 3.63) is 60.2 Å². The molecule has 26 heavy (non-hydrogen) atoms. The third kappa shape index (κ3) is 2.50. The maximum Gasteiger partial charge on any atom is 0.253 e. The van der Waals surface area contributed by atoms with Crippen molar-refractivity contribution < 1.29 is 9.53 Å². The molecule has 1 fully saturated rings. The van der Waals surface area contributed by atoms with Gasteiger partial charge in [-0.15, -0.1) is 5.10 Å². The highest BCUT2D eigenvalue weighted by Gasteiger charge is 2.38. The highest BCUT2D eigenvalue weighted by atomic mass is 16.5. The molecule has 0 unspecified atom stereocenters. The summed E-state index contributed by atoms with van der Waals surface area (Å²) in [5.74, 6) is 0.0303. The van der Waals surface area contributed by atoms with Crippen molar-refractivity contribution >= 4 is 5.91 Å². The van der Waals surface area contributed by atoms with Crippen LogP contribution in [0.1, 0.15) is 28.5 Å². The minimum absolute atomic E-state index is 0.0299. The van der Waals surface area contributed by atoms with Crippen LogP contribution < -0.4 is 0 Å². The lowest BCUT2D eigenvalue weighted by Gasteiger charge is -2.41. The molecule has 2 atom stereocenters. The average molecular weight is 350 g/mol. The van der Waals surface area contributed by atoms with Crippen molar-refractivity contribution in [2.45, 2.75) is 25.2 Å². The first-order chi connectivity index (χ1) is 12.8. The smallest absolute Gasteiger partial charge is 0.253 e. The first-order valence-electron chi connectivity index (χ1n) is 8.69. The van der Waals surface area contributed by atoms with Crippen LogP contribution in [0.25, 0.3) is 5.69 Å². The van der Waals surface area contributed by atoms with Crippen molar-refractivity contribution in [2.24, 2.45) is 0 Å². The molecular formula is C18H18N6O2. The summed E-state index contributed by atoms with van der Waals surface area (Å²) in [7, 11) is 0. The van der Waals surface area contributed by atoms with Crippen molar-refractivity contribution in [3.63, 3.8) is 0 Å². The number of carbonyl (C=O) groups excluding carboxylic acids is 1. The van der Waals surface area contributed by atoms with Crippen molar-refractivity contribution in [3.8, 4) is 5.69 Å². The second-order valence-electron chi connectivity index (χ2n) is 6.62. The quantitative estimate of drug-likeness (QED) is 0.699. The van der Waals surface area contributed by atoms with Gasteiger partial charge in [0, 0.05) is 31.0 Å². The zero-order valence-electron chi connectivity index (χ0n) is 14.1. The molecule has 3 aromatic rings. The Morgan fingerprint density at radius 3 is 2.92 bits per heavy atom. The maximum absolute atomic E-state index is 12.9. The first kappa shape index (κ1) is 15.3. The molecule has 0 spiro atoms. The predicted molar refractivity (Wildman–Crippen MR) is 91.7 cm³/mol. The number of ether oxygens (including phenoxy) is 1. The van der Waals surface area contributed by atoms with Crippen LogP contribution in [0.5, 0.6) is 0 Å². The number of piperidine rings is 1. The molecule has 5 rings (SSSR count). The van der Waals surface area contributed by atoms with E-state index in [2.05, 4.69) is 15.4 Å². The van der Waals surface area contributed by atoms with E-state index in [9.17, 15) is 4.79 Å². The van der Waals surface area contributed by atoms with Crippen LogP contribution in [-0.4, -0.2) is 54.8 Å². The molecule has 0 bridgehead atoms. The number of hydrogen-bond donors (Lipinski definition) is 0. The van der Waals surface area contributed by atoms with Gasteiger partial charge in [0.05, 0.1) is 36.3 Å².